The van der Waals surface area contributed by atoms with E-state index in [1.165, 1.54) is 5.56 Å². The molecule has 0 radical (unpaired) electrons. The maximum Gasteiger partial charge on any atom is 0.347 e. The lowest BCUT2D eigenvalue weighted by atomic mass is 9.83. The third-order valence-electron chi connectivity index (χ3n) is 4.38. The van der Waals surface area contributed by atoms with E-state index in [2.05, 4.69) is 17.2 Å². The first-order valence-corrected chi connectivity index (χ1v) is 9.09. The smallest absolute Gasteiger partial charge is 0.347 e. The third-order valence-corrected chi connectivity index (χ3v) is 5.71. The number of aromatic nitrogens is 1. The predicted molar refractivity (Wildman–Crippen MR) is 99.2 cm³/mol. The number of amides is 1. The number of aromatic carboxylic acids is 1. The SMILES string of the molecule is CCc1ccc(C(C)(C)C(=O)NC(C)c2nc(C)c(C(=O)O)s2)cc1. The summed E-state index contributed by atoms with van der Waals surface area (Å²) < 4.78 is 0. The first kappa shape index (κ1) is 19.1. The lowest BCUT2D eigenvalue weighted by molar-refractivity contribution is -0.126. The Labute approximate surface area is 152 Å². The molecular weight excluding hydrogens is 336 g/mol. The maximum absolute atomic E-state index is 12.8. The Balaban J connectivity index is 2.16. The van der Waals surface area contributed by atoms with Crippen LogP contribution in [-0.2, 0) is 16.6 Å². The Hall–Kier alpha value is -2.21. The van der Waals surface area contributed by atoms with Crippen molar-refractivity contribution in [3.63, 3.8) is 0 Å². The topological polar surface area (TPSA) is 79.3 Å². The third kappa shape index (κ3) is 4.07. The molecule has 0 spiro atoms. The van der Waals surface area contributed by atoms with Crippen molar-refractivity contribution < 1.29 is 14.7 Å². The highest BCUT2D eigenvalue weighted by molar-refractivity contribution is 7.13. The highest BCUT2D eigenvalue weighted by atomic mass is 32.1. The van der Waals surface area contributed by atoms with E-state index in [1.807, 2.05) is 45.0 Å². The molecule has 1 aromatic heterocycles. The molecule has 0 saturated carbocycles. The van der Waals surface area contributed by atoms with Crippen LogP contribution in [0.3, 0.4) is 0 Å². The van der Waals surface area contributed by atoms with Crippen molar-refractivity contribution in [2.24, 2.45) is 0 Å². The van der Waals surface area contributed by atoms with Crippen LogP contribution in [0.1, 0.15) is 65.2 Å². The molecule has 1 unspecified atom stereocenters. The summed E-state index contributed by atoms with van der Waals surface area (Å²) >= 11 is 1.10. The first-order valence-electron chi connectivity index (χ1n) is 8.27. The summed E-state index contributed by atoms with van der Waals surface area (Å²) in [7, 11) is 0. The van der Waals surface area contributed by atoms with E-state index in [0.29, 0.717) is 10.7 Å². The van der Waals surface area contributed by atoms with Gasteiger partial charge in [0.25, 0.3) is 0 Å². The van der Waals surface area contributed by atoms with Gasteiger partial charge in [0.05, 0.1) is 17.2 Å². The fourth-order valence-electron chi connectivity index (χ4n) is 2.53. The van der Waals surface area contributed by atoms with Gasteiger partial charge in [-0.15, -0.1) is 11.3 Å². The molecule has 1 heterocycles. The molecule has 0 saturated heterocycles. The second kappa shape index (κ2) is 7.35. The van der Waals surface area contributed by atoms with Gasteiger partial charge in [-0.25, -0.2) is 9.78 Å². The lowest BCUT2D eigenvalue weighted by Gasteiger charge is -2.26. The van der Waals surface area contributed by atoms with E-state index < -0.39 is 11.4 Å². The van der Waals surface area contributed by atoms with E-state index in [1.54, 1.807) is 6.92 Å². The molecule has 134 valence electrons. The number of carboxylic acids is 1. The number of carbonyl (C=O) groups excluding carboxylic acids is 1. The number of hydrogen-bond acceptors (Lipinski definition) is 4. The Bertz CT molecular complexity index is 778. The number of carboxylic acid groups (broad SMARTS) is 1. The van der Waals surface area contributed by atoms with Crippen molar-refractivity contribution in [3.05, 3.63) is 51.0 Å². The molecule has 25 heavy (non-hydrogen) atoms. The number of carbonyl (C=O) groups is 2. The fraction of sp³-hybridized carbons (Fsp3) is 0.421. The Morgan fingerprint density at radius 2 is 1.88 bits per heavy atom. The van der Waals surface area contributed by atoms with Gasteiger partial charge in [0.1, 0.15) is 9.88 Å². The summed E-state index contributed by atoms with van der Waals surface area (Å²) in [5, 5.41) is 12.7. The van der Waals surface area contributed by atoms with E-state index >= 15 is 0 Å². The van der Waals surface area contributed by atoms with Crippen LogP contribution in [-0.4, -0.2) is 22.0 Å². The molecule has 1 atom stereocenters. The number of rotatable bonds is 6. The number of nitrogens with zero attached hydrogens (tertiary/aromatic N) is 1. The Morgan fingerprint density at radius 3 is 2.36 bits per heavy atom. The quantitative estimate of drug-likeness (QED) is 0.820. The van der Waals surface area contributed by atoms with Crippen molar-refractivity contribution in [1.82, 2.24) is 10.3 Å². The maximum atomic E-state index is 12.8. The van der Waals surface area contributed by atoms with E-state index in [-0.39, 0.29) is 16.8 Å². The molecule has 0 fully saturated rings. The largest absolute Gasteiger partial charge is 0.477 e. The summed E-state index contributed by atoms with van der Waals surface area (Å²) in [6, 6.07) is 7.70. The summed E-state index contributed by atoms with van der Waals surface area (Å²) in [6.07, 6.45) is 0.958. The fourth-order valence-corrected chi connectivity index (χ4v) is 3.44. The summed E-state index contributed by atoms with van der Waals surface area (Å²) in [5.74, 6) is -1.11. The van der Waals surface area contributed by atoms with Crippen LogP contribution in [0.2, 0.25) is 0 Å². The molecule has 5 nitrogen and oxygen atoms in total. The number of hydrogen-bond donors (Lipinski definition) is 2. The molecule has 0 aliphatic heterocycles. The highest BCUT2D eigenvalue weighted by Crippen LogP contribution is 2.27. The van der Waals surface area contributed by atoms with Crippen LogP contribution in [0, 0.1) is 6.92 Å². The van der Waals surface area contributed by atoms with Crippen molar-refractivity contribution in [1.29, 1.82) is 0 Å². The van der Waals surface area contributed by atoms with Crippen molar-refractivity contribution >= 4 is 23.2 Å². The number of benzene rings is 1. The minimum Gasteiger partial charge on any atom is -0.477 e. The second-order valence-corrected chi connectivity index (χ2v) is 7.67. The number of thiazole rings is 1. The number of nitrogens with one attached hydrogen (secondary N) is 1. The zero-order chi connectivity index (χ0) is 18.8. The second-order valence-electron chi connectivity index (χ2n) is 6.64. The van der Waals surface area contributed by atoms with E-state index in [4.69, 9.17) is 5.11 Å². The molecule has 1 aromatic carbocycles. The van der Waals surface area contributed by atoms with Gasteiger partial charge in [0.2, 0.25) is 5.91 Å². The van der Waals surface area contributed by atoms with Crippen LogP contribution in [0.4, 0.5) is 0 Å². The van der Waals surface area contributed by atoms with E-state index in [0.717, 1.165) is 23.3 Å². The minimum absolute atomic E-state index is 0.117. The molecule has 0 aliphatic carbocycles. The zero-order valence-corrected chi connectivity index (χ0v) is 16.0. The molecular formula is C19H24N2O3S. The zero-order valence-electron chi connectivity index (χ0n) is 15.2. The van der Waals surface area contributed by atoms with Gasteiger partial charge in [-0.1, -0.05) is 31.2 Å². The lowest BCUT2D eigenvalue weighted by Crippen LogP contribution is -2.41. The predicted octanol–water partition coefficient (Wildman–Crippen LogP) is 3.87. The summed E-state index contributed by atoms with van der Waals surface area (Å²) in [6.45, 7) is 9.34. The van der Waals surface area contributed by atoms with Gasteiger partial charge in [-0.2, -0.15) is 0 Å². The average molecular weight is 360 g/mol. The van der Waals surface area contributed by atoms with Gasteiger partial charge in [-0.05, 0) is 45.2 Å². The standard InChI is InChI=1S/C19H24N2O3S/c1-6-13-7-9-14(10-8-13)19(4,5)18(24)21-12(3)16-20-11(2)15(25-16)17(22)23/h7-10,12H,6H2,1-5H3,(H,21,24)(H,22,23). The van der Waals surface area contributed by atoms with Gasteiger partial charge < -0.3 is 10.4 Å². The van der Waals surface area contributed by atoms with Gasteiger partial charge >= 0.3 is 5.97 Å². The molecule has 0 bridgehead atoms. The van der Waals surface area contributed by atoms with Gasteiger partial charge in [0, 0.05) is 0 Å². The average Bonchev–Trinajstić information content (AvgIpc) is 2.97. The van der Waals surface area contributed by atoms with Crippen LogP contribution in [0.15, 0.2) is 24.3 Å². The first-order chi connectivity index (χ1) is 11.7. The van der Waals surface area contributed by atoms with Crippen LogP contribution in [0.25, 0.3) is 0 Å². The summed E-state index contributed by atoms with van der Waals surface area (Å²) in [4.78, 5) is 28.4. The van der Waals surface area contributed by atoms with E-state index in [9.17, 15) is 9.59 Å². The molecule has 2 aromatic rings. The van der Waals surface area contributed by atoms with Gasteiger partial charge in [-0.3, -0.25) is 4.79 Å². The monoisotopic (exact) mass is 360 g/mol. The minimum atomic E-state index is -0.990. The van der Waals surface area contributed by atoms with Crippen molar-refractivity contribution in [2.45, 2.75) is 52.5 Å². The molecule has 2 rings (SSSR count). The Morgan fingerprint density at radius 1 is 1.28 bits per heavy atom. The van der Waals surface area contributed by atoms with Crippen LogP contribution >= 0.6 is 11.3 Å². The molecule has 1 amide bonds. The number of aryl methyl sites for hydroxylation is 2. The van der Waals surface area contributed by atoms with Crippen molar-refractivity contribution in [3.8, 4) is 0 Å². The molecule has 0 aliphatic rings. The molecule has 6 heteroatoms. The Kier molecular flexibility index (Phi) is 5.62. The normalized spacial score (nSPS) is 12.7. The van der Waals surface area contributed by atoms with Gasteiger partial charge in [0.15, 0.2) is 0 Å². The molecule has 2 N–H and O–H groups in total. The van der Waals surface area contributed by atoms with Crippen molar-refractivity contribution in [2.75, 3.05) is 0 Å². The summed E-state index contributed by atoms with van der Waals surface area (Å²) in [5.41, 5.74) is 1.95. The van der Waals surface area contributed by atoms with Crippen LogP contribution < -0.4 is 5.32 Å². The highest BCUT2D eigenvalue weighted by Gasteiger charge is 2.31. The van der Waals surface area contributed by atoms with Crippen LogP contribution in [0.5, 0.6) is 0 Å².